The summed E-state index contributed by atoms with van der Waals surface area (Å²) < 4.78 is 13.2. The zero-order valence-corrected chi connectivity index (χ0v) is 16.3. The van der Waals surface area contributed by atoms with Crippen LogP contribution in [0.2, 0.25) is 5.02 Å². The van der Waals surface area contributed by atoms with E-state index in [2.05, 4.69) is 27.0 Å². The van der Waals surface area contributed by atoms with Gasteiger partial charge in [-0.05, 0) is 66.5 Å². The molecule has 2 aromatic rings. The van der Waals surface area contributed by atoms with Gasteiger partial charge in [-0.2, -0.15) is 11.3 Å². The van der Waals surface area contributed by atoms with Gasteiger partial charge in [0.25, 0.3) is 0 Å². The molecule has 0 spiro atoms. The monoisotopic (exact) mass is 409 g/mol. The van der Waals surface area contributed by atoms with E-state index in [4.69, 9.17) is 11.6 Å². The van der Waals surface area contributed by atoms with Crippen LogP contribution in [0.25, 0.3) is 0 Å². The summed E-state index contributed by atoms with van der Waals surface area (Å²) in [6, 6.07) is 5.86. The molecule has 0 aliphatic carbocycles. The Hall–Kier alpha value is -1.96. The Morgan fingerprint density at radius 2 is 1.96 bits per heavy atom. The normalized spacial score (nSPS) is 15.9. The Morgan fingerprint density at radius 1 is 1.19 bits per heavy atom. The smallest absolute Gasteiger partial charge is 0.313 e. The third kappa shape index (κ3) is 5.28. The second kappa shape index (κ2) is 9.30. The van der Waals surface area contributed by atoms with Gasteiger partial charge in [-0.1, -0.05) is 18.0 Å². The molecule has 3 rings (SSSR count). The summed E-state index contributed by atoms with van der Waals surface area (Å²) in [5.41, 5.74) is 1.42. The molecule has 1 fully saturated rings. The van der Waals surface area contributed by atoms with Crippen LogP contribution in [-0.2, 0) is 9.59 Å². The Kier molecular flexibility index (Phi) is 6.82. The number of benzene rings is 1. The molecule has 1 aliphatic rings. The quantitative estimate of drug-likeness (QED) is 0.738. The first kappa shape index (κ1) is 19.8. The van der Waals surface area contributed by atoms with E-state index < -0.39 is 17.6 Å². The molecule has 2 heterocycles. The molecule has 1 saturated heterocycles. The van der Waals surface area contributed by atoms with Crippen LogP contribution in [0.3, 0.4) is 0 Å². The van der Waals surface area contributed by atoms with E-state index in [1.165, 1.54) is 18.6 Å². The highest BCUT2D eigenvalue weighted by atomic mass is 35.5. The van der Waals surface area contributed by atoms with Gasteiger partial charge in [-0.3, -0.25) is 14.5 Å². The minimum absolute atomic E-state index is 0.0496. The van der Waals surface area contributed by atoms with Gasteiger partial charge in [-0.15, -0.1) is 0 Å². The summed E-state index contributed by atoms with van der Waals surface area (Å²) in [5, 5.41) is 9.13. The van der Waals surface area contributed by atoms with Crippen LogP contribution >= 0.6 is 22.9 Å². The van der Waals surface area contributed by atoms with Crippen molar-refractivity contribution in [3.05, 3.63) is 51.4 Å². The number of hydrogen-bond donors (Lipinski definition) is 2. The number of thiophene rings is 1. The van der Waals surface area contributed by atoms with Crippen LogP contribution in [-0.4, -0.2) is 36.3 Å². The zero-order valence-electron chi connectivity index (χ0n) is 14.7. The first-order valence-electron chi connectivity index (χ1n) is 8.85. The number of amides is 2. The van der Waals surface area contributed by atoms with E-state index in [0.717, 1.165) is 37.6 Å². The predicted molar refractivity (Wildman–Crippen MR) is 106 cm³/mol. The molecule has 144 valence electrons. The van der Waals surface area contributed by atoms with Crippen LogP contribution in [0.1, 0.15) is 30.9 Å². The van der Waals surface area contributed by atoms with Gasteiger partial charge in [0.2, 0.25) is 0 Å². The van der Waals surface area contributed by atoms with Gasteiger partial charge >= 0.3 is 11.8 Å². The number of nitrogens with one attached hydrogen (secondary N) is 2. The summed E-state index contributed by atoms with van der Waals surface area (Å²) in [5.74, 6) is -2.12. The highest BCUT2D eigenvalue weighted by Crippen LogP contribution is 2.26. The fourth-order valence-electron chi connectivity index (χ4n) is 3.18. The number of anilines is 1. The molecule has 2 N–H and O–H groups in total. The fourth-order valence-corrected chi connectivity index (χ4v) is 4.07. The number of rotatable bonds is 5. The second-order valence-corrected chi connectivity index (χ2v) is 7.65. The van der Waals surface area contributed by atoms with Gasteiger partial charge in [-0.25, -0.2) is 4.39 Å². The van der Waals surface area contributed by atoms with Crippen molar-refractivity contribution in [3.8, 4) is 0 Å². The number of hydrogen-bond acceptors (Lipinski definition) is 4. The van der Waals surface area contributed by atoms with E-state index in [1.54, 1.807) is 11.3 Å². The van der Waals surface area contributed by atoms with E-state index in [9.17, 15) is 14.0 Å². The van der Waals surface area contributed by atoms with Crippen molar-refractivity contribution in [3.63, 3.8) is 0 Å². The third-order valence-electron chi connectivity index (χ3n) is 4.60. The maximum absolute atomic E-state index is 13.2. The number of carbonyl (C=O) groups excluding carboxylic acids is 2. The largest absolute Gasteiger partial charge is 0.346 e. The maximum Gasteiger partial charge on any atom is 0.313 e. The van der Waals surface area contributed by atoms with E-state index in [1.807, 2.05) is 5.38 Å². The van der Waals surface area contributed by atoms with Crippen molar-refractivity contribution in [1.29, 1.82) is 0 Å². The molecular weight excluding hydrogens is 389 g/mol. The van der Waals surface area contributed by atoms with E-state index >= 15 is 0 Å². The first-order valence-corrected chi connectivity index (χ1v) is 10.2. The average molecular weight is 410 g/mol. The topological polar surface area (TPSA) is 61.4 Å². The van der Waals surface area contributed by atoms with Gasteiger partial charge in [0.1, 0.15) is 5.82 Å². The van der Waals surface area contributed by atoms with Crippen LogP contribution in [0.5, 0.6) is 0 Å². The van der Waals surface area contributed by atoms with Gasteiger partial charge in [0.05, 0.1) is 11.1 Å². The number of halogens is 2. The molecule has 27 heavy (non-hydrogen) atoms. The highest BCUT2D eigenvalue weighted by Gasteiger charge is 2.24. The molecule has 1 aliphatic heterocycles. The SMILES string of the molecule is O=C(NCC(c1ccsc1)N1CCCCC1)C(=O)Nc1ccc(F)c(Cl)c1. The third-order valence-corrected chi connectivity index (χ3v) is 5.59. The molecule has 0 saturated carbocycles. The van der Waals surface area contributed by atoms with Crippen molar-refractivity contribution in [2.24, 2.45) is 0 Å². The summed E-state index contributed by atoms with van der Waals surface area (Å²) in [7, 11) is 0. The standard InChI is InChI=1S/C19H21ClFN3O2S/c20-15-10-14(4-5-16(15)21)23-19(26)18(25)22-11-17(13-6-9-27-12-13)24-7-2-1-3-8-24/h4-6,9-10,12,17H,1-3,7-8,11H2,(H,22,25)(H,23,26). The van der Waals surface area contributed by atoms with Crippen LogP contribution in [0.4, 0.5) is 10.1 Å². The van der Waals surface area contributed by atoms with E-state index in [-0.39, 0.29) is 16.8 Å². The van der Waals surface area contributed by atoms with Gasteiger partial charge < -0.3 is 10.6 Å². The molecule has 1 aromatic carbocycles. The minimum Gasteiger partial charge on any atom is -0.346 e. The molecule has 1 aromatic heterocycles. The molecule has 0 bridgehead atoms. The lowest BCUT2D eigenvalue weighted by molar-refractivity contribution is -0.136. The van der Waals surface area contributed by atoms with Gasteiger partial charge in [0.15, 0.2) is 0 Å². The molecule has 5 nitrogen and oxygen atoms in total. The Bertz CT molecular complexity index is 794. The maximum atomic E-state index is 13.2. The lowest BCUT2D eigenvalue weighted by Gasteiger charge is -2.34. The predicted octanol–water partition coefficient (Wildman–Crippen LogP) is 3.82. The Morgan fingerprint density at radius 3 is 2.63 bits per heavy atom. The lowest BCUT2D eigenvalue weighted by Crippen LogP contribution is -2.43. The summed E-state index contributed by atoms with van der Waals surface area (Å²) in [4.78, 5) is 26.7. The molecule has 2 amide bonds. The number of nitrogens with zero attached hydrogens (tertiary/aromatic N) is 1. The van der Waals surface area contributed by atoms with Gasteiger partial charge in [0, 0.05) is 12.2 Å². The Labute approximate surface area is 166 Å². The van der Waals surface area contributed by atoms with Crippen LogP contribution < -0.4 is 10.6 Å². The molecule has 8 heteroatoms. The van der Waals surface area contributed by atoms with Crippen LogP contribution in [0, 0.1) is 5.82 Å². The molecule has 1 atom stereocenters. The van der Waals surface area contributed by atoms with Crippen molar-refractivity contribution in [1.82, 2.24) is 10.2 Å². The summed E-state index contributed by atoms with van der Waals surface area (Å²) >= 11 is 7.31. The molecule has 0 radical (unpaired) electrons. The first-order chi connectivity index (χ1) is 13.0. The van der Waals surface area contributed by atoms with Crippen molar-refractivity contribution >= 4 is 40.4 Å². The van der Waals surface area contributed by atoms with Crippen molar-refractivity contribution in [2.75, 3.05) is 25.0 Å². The molecular formula is C19H21ClFN3O2S. The van der Waals surface area contributed by atoms with Crippen molar-refractivity contribution < 1.29 is 14.0 Å². The van der Waals surface area contributed by atoms with E-state index in [0.29, 0.717) is 6.54 Å². The van der Waals surface area contributed by atoms with Crippen molar-refractivity contribution in [2.45, 2.75) is 25.3 Å². The number of piperidine rings is 1. The number of carbonyl (C=O) groups is 2. The molecule has 1 unspecified atom stereocenters. The number of likely N-dealkylation sites (tertiary alicyclic amines) is 1. The highest BCUT2D eigenvalue weighted by molar-refractivity contribution is 7.08. The average Bonchev–Trinajstić information content (AvgIpc) is 3.20. The lowest BCUT2D eigenvalue weighted by atomic mass is 10.0. The summed E-state index contributed by atoms with van der Waals surface area (Å²) in [6.45, 7) is 2.32. The van der Waals surface area contributed by atoms with Crippen LogP contribution in [0.15, 0.2) is 35.0 Å². The Balaban J connectivity index is 1.59. The zero-order chi connectivity index (χ0) is 19.2. The fraction of sp³-hybridized carbons (Fsp3) is 0.368. The second-order valence-electron chi connectivity index (χ2n) is 6.46. The minimum atomic E-state index is -0.805. The summed E-state index contributed by atoms with van der Waals surface area (Å²) in [6.07, 6.45) is 3.50.